The molecule has 0 saturated heterocycles. The van der Waals surface area contributed by atoms with Crippen LogP contribution >= 0.6 is 0 Å². The minimum absolute atomic E-state index is 0.0465. The van der Waals surface area contributed by atoms with Gasteiger partial charge >= 0.3 is 0 Å². The first-order valence-electron chi connectivity index (χ1n) is 4.99. The van der Waals surface area contributed by atoms with Crippen LogP contribution in [-0.2, 0) is 0 Å². The lowest BCUT2D eigenvalue weighted by Gasteiger charge is -2.09. The third-order valence-corrected chi connectivity index (χ3v) is 2.03. The average Bonchev–Trinajstić information content (AvgIpc) is 2.11. The molecule has 0 spiro atoms. The van der Waals surface area contributed by atoms with E-state index in [1.807, 2.05) is 0 Å². The van der Waals surface area contributed by atoms with Crippen molar-refractivity contribution in [3.63, 3.8) is 0 Å². The van der Waals surface area contributed by atoms with E-state index in [0.717, 1.165) is 19.3 Å². The van der Waals surface area contributed by atoms with E-state index >= 15 is 0 Å². The fourth-order valence-electron chi connectivity index (χ4n) is 1.22. The standard InChI is InChI=1S/C9H21N5/c1-3-5-7(4-2)6-13-9(12)14-8(10)11/h7H,3-6H2,1-2H3,(H6,10,11,12,13,14). The first-order valence-corrected chi connectivity index (χ1v) is 4.99. The van der Waals surface area contributed by atoms with Crippen LogP contribution < -0.4 is 17.2 Å². The summed E-state index contributed by atoms with van der Waals surface area (Å²) in [6, 6.07) is 0. The molecule has 1 atom stereocenters. The van der Waals surface area contributed by atoms with E-state index in [1.54, 1.807) is 0 Å². The SMILES string of the molecule is CCCC(CC)CN=C(N)N=C(N)N. The van der Waals surface area contributed by atoms with Gasteiger partial charge in [-0.15, -0.1) is 0 Å². The maximum Gasteiger partial charge on any atom is 0.218 e. The van der Waals surface area contributed by atoms with E-state index in [4.69, 9.17) is 17.2 Å². The summed E-state index contributed by atoms with van der Waals surface area (Å²) in [5, 5.41) is 0. The topological polar surface area (TPSA) is 103 Å². The lowest BCUT2D eigenvalue weighted by Crippen LogP contribution is -2.26. The monoisotopic (exact) mass is 199 g/mol. The Bertz CT molecular complexity index is 205. The van der Waals surface area contributed by atoms with Gasteiger partial charge in [0, 0.05) is 6.54 Å². The lowest BCUT2D eigenvalue weighted by atomic mass is 10.0. The highest BCUT2D eigenvalue weighted by Crippen LogP contribution is 2.10. The Balaban J connectivity index is 4.04. The summed E-state index contributed by atoms with van der Waals surface area (Å²) in [4.78, 5) is 7.74. The van der Waals surface area contributed by atoms with Crippen molar-refractivity contribution in [1.29, 1.82) is 0 Å². The van der Waals surface area contributed by atoms with E-state index in [1.165, 1.54) is 0 Å². The Morgan fingerprint density at radius 2 is 1.86 bits per heavy atom. The van der Waals surface area contributed by atoms with E-state index in [0.29, 0.717) is 12.5 Å². The van der Waals surface area contributed by atoms with Crippen molar-refractivity contribution < 1.29 is 0 Å². The Morgan fingerprint density at radius 1 is 1.21 bits per heavy atom. The zero-order valence-electron chi connectivity index (χ0n) is 9.03. The highest BCUT2D eigenvalue weighted by Gasteiger charge is 2.03. The maximum absolute atomic E-state index is 5.48. The van der Waals surface area contributed by atoms with E-state index in [2.05, 4.69) is 23.8 Å². The van der Waals surface area contributed by atoms with E-state index in [9.17, 15) is 0 Å². The van der Waals surface area contributed by atoms with Crippen LogP contribution in [0.5, 0.6) is 0 Å². The van der Waals surface area contributed by atoms with Gasteiger partial charge in [-0.3, -0.25) is 4.99 Å². The molecule has 0 aliphatic heterocycles. The van der Waals surface area contributed by atoms with Crippen molar-refractivity contribution in [3.05, 3.63) is 0 Å². The molecule has 1 unspecified atom stereocenters. The summed E-state index contributed by atoms with van der Waals surface area (Å²) in [5.74, 6) is 0.696. The van der Waals surface area contributed by atoms with Crippen molar-refractivity contribution >= 4 is 11.9 Å². The number of guanidine groups is 2. The van der Waals surface area contributed by atoms with Crippen LogP contribution in [-0.4, -0.2) is 18.5 Å². The first kappa shape index (κ1) is 12.7. The molecule has 14 heavy (non-hydrogen) atoms. The van der Waals surface area contributed by atoms with Crippen molar-refractivity contribution in [2.45, 2.75) is 33.1 Å². The summed E-state index contributed by atoms with van der Waals surface area (Å²) in [6.07, 6.45) is 3.43. The van der Waals surface area contributed by atoms with Crippen molar-refractivity contribution in [2.24, 2.45) is 33.1 Å². The van der Waals surface area contributed by atoms with Crippen molar-refractivity contribution in [2.75, 3.05) is 6.54 Å². The highest BCUT2D eigenvalue weighted by molar-refractivity contribution is 5.92. The molecule has 0 amide bonds. The maximum atomic E-state index is 5.48. The largest absolute Gasteiger partial charge is 0.370 e. The molecule has 0 aromatic carbocycles. The Hall–Kier alpha value is -1.26. The molecule has 0 aliphatic carbocycles. The fraction of sp³-hybridized carbons (Fsp3) is 0.778. The Morgan fingerprint density at radius 3 is 2.29 bits per heavy atom. The van der Waals surface area contributed by atoms with Gasteiger partial charge in [0.15, 0.2) is 5.96 Å². The second-order valence-electron chi connectivity index (χ2n) is 3.30. The van der Waals surface area contributed by atoms with Gasteiger partial charge in [-0.1, -0.05) is 26.7 Å². The van der Waals surface area contributed by atoms with Crippen LogP contribution in [0.4, 0.5) is 0 Å². The molecular weight excluding hydrogens is 178 g/mol. The predicted molar refractivity (Wildman–Crippen MR) is 61.0 cm³/mol. The summed E-state index contributed by atoms with van der Waals surface area (Å²) in [5.41, 5.74) is 15.8. The minimum Gasteiger partial charge on any atom is -0.370 e. The van der Waals surface area contributed by atoms with Crippen LogP contribution in [0.3, 0.4) is 0 Å². The molecular formula is C9H21N5. The summed E-state index contributed by atoms with van der Waals surface area (Å²) in [7, 11) is 0. The molecule has 6 N–H and O–H groups in total. The molecule has 0 aromatic heterocycles. The van der Waals surface area contributed by atoms with Gasteiger partial charge in [-0.2, -0.15) is 4.99 Å². The zero-order chi connectivity index (χ0) is 11.0. The normalized spacial score (nSPS) is 13.7. The van der Waals surface area contributed by atoms with Gasteiger partial charge < -0.3 is 17.2 Å². The molecule has 0 rings (SSSR count). The van der Waals surface area contributed by atoms with Gasteiger partial charge in [-0.05, 0) is 12.3 Å². The van der Waals surface area contributed by atoms with Gasteiger partial charge in [0.1, 0.15) is 0 Å². The van der Waals surface area contributed by atoms with Crippen LogP contribution in [0, 0.1) is 5.92 Å². The van der Waals surface area contributed by atoms with E-state index < -0.39 is 0 Å². The number of hydrogen-bond acceptors (Lipinski definition) is 1. The number of aliphatic imine (C=N–C) groups is 2. The van der Waals surface area contributed by atoms with Crippen LogP contribution in [0.1, 0.15) is 33.1 Å². The molecule has 0 heterocycles. The first-order chi connectivity index (χ1) is 6.60. The minimum atomic E-state index is -0.0465. The van der Waals surface area contributed by atoms with Gasteiger partial charge in [-0.25, -0.2) is 0 Å². The molecule has 5 heteroatoms. The van der Waals surface area contributed by atoms with Gasteiger partial charge in [0.05, 0.1) is 0 Å². The second-order valence-corrected chi connectivity index (χ2v) is 3.30. The fourth-order valence-corrected chi connectivity index (χ4v) is 1.22. The van der Waals surface area contributed by atoms with E-state index in [-0.39, 0.29) is 11.9 Å². The number of rotatable bonds is 5. The Labute approximate surface area is 85.5 Å². The molecule has 0 fully saturated rings. The highest BCUT2D eigenvalue weighted by atomic mass is 15.1. The molecule has 0 radical (unpaired) electrons. The van der Waals surface area contributed by atoms with Crippen molar-refractivity contribution in [3.8, 4) is 0 Å². The second kappa shape index (κ2) is 7.17. The third kappa shape index (κ3) is 6.28. The smallest absolute Gasteiger partial charge is 0.218 e. The van der Waals surface area contributed by atoms with Crippen molar-refractivity contribution in [1.82, 2.24) is 0 Å². The van der Waals surface area contributed by atoms with Crippen LogP contribution in [0.15, 0.2) is 9.98 Å². The molecule has 5 nitrogen and oxygen atoms in total. The summed E-state index contributed by atoms with van der Waals surface area (Å²) in [6.45, 7) is 5.01. The molecule has 0 saturated carbocycles. The summed E-state index contributed by atoms with van der Waals surface area (Å²) >= 11 is 0. The van der Waals surface area contributed by atoms with Gasteiger partial charge in [0.25, 0.3) is 0 Å². The molecule has 82 valence electrons. The van der Waals surface area contributed by atoms with Gasteiger partial charge in [0.2, 0.25) is 5.96 Å². The Kier molecular flexibility index (Phi) is 6.53. The quantitative estimate of drug-likeness (QED) is 0.441. The molecule has 0 aromatic rings. The molecule has 0 aliphatic rings. The lowest BCUT2D eigenvalue weighted by molar-refractivity contribution is 0.476. The predicted octanol–water partition coefficient (Wildman–Crippen LogP) is 0.401. The number of hydrogen-bond donors (Lipinski definition) is 3. The van der Waals surface area contributed by atoms with Crippen LogP contribution in [0.2, 0.25) is 0 Å². The molecule has 0 bridgehead atoms. The third-order valence-electron chi connectivity index (χ3n) is 2.03. The van der Waals surface area contributed by atoms with Crippen LogP contribution in [0.25, 0.3) is 0 Å². The zero-order valence-corrected chi connectivity index (χ0v) is 9.03. The average molecular weight is 199 g/mol. The summed E-state index contributed by atoms with van der Waals surface area (Å²) < 4.78 is 0. The number of nitrogens with two attached hydrogens (primary N) is 3. The number of nitrogens with zero attached hydrogens (tertiary/aromatic N) is 2.